The normalized spacial score (nSPS) is 14.5. The average Bonchev–Trinajstić information content (AvgIpc) is 3.31. The zero-order valence-corrected chi connectivity index (χ0v) is 21.3. The highest BCUT2D eigenvalue weighted by atomic mass is 32.1. The summed E-state index contributed by atoms with van der Waals surface area (Å²) in [6, 6.07) is 19.0. The van der Waals surface area contributed by atoms with E-state index < -0.39 is 24.3 Å². The van der Waals surface area contributed by atoms with E-state index in [1.165, 1.54) is 21.4 Å². The van der Waals surface area contributed by atoms with Gasteiger partial charge in [0, 0.05) is 17.8 Å². The molecule has 0 aliphatic carbocycles. The van der Waals surface area contributed by atoms with Gasteiger partial charge in [-0.25, -0.2) is 14.6 Å². The molecule has 0 radical (unpaired) electrons. The third kappa shape index (κ3) is 8.15. The number of alkyl halides is 6. The number of carboxylic acids is 2. The second-order valence-electron chi connectivity index (χ2n) is 8.35. The minimum Gasteiger partial charge on any atom is -0.493 e. The Morgan fingerprint density at radius 3 is 2.12 bits per heavy atom. The number of hydrogen-bond acceptors (Lipinski definition) is 6. The highest BCUT2D eigenvalue weighted by molar-refractivity contribution is 7.18. The van der Waals surface area contributed by atoms with E-state index in [0.29, 0.717) is 12.5 Å². The molecule has 1 aliphatic rings. The standard InChI is InChI=1S/C22H18N2OS.2C2HF3O2/c1-14-10-16(8-9-23-14)15-6-7-19-21(12-15)26-22(24-19)18-11-17-4-2-3-5-20(17)25-13-18;2*3-2(4,5)1(6)7/h2-10,12,18H,11,13H2,1H3;2*(H,6,7). The third-order valence-electron chi connectivity index (χ3n) is 5.35. The molecule has 2 aromatic heterocycles. The van der Waals surface area contributed by atoms with Gasteiger partial charge in [-0.05, 0) is 60.4 Å². The quantitative estimate of drug-likeness (QED) is 0.253. The van der Waals surface area contributed by atoms with Crippen molar-refractivity contribution >= 4 is 33.5 Å². The van der Waals surface area contributed by atoms with Gasteiger partial charge in [0.25, 0.3) is 0 Å². The lowest BCUT2D eigenvalue weighted by molar-refractivity contribution is -0.193. The van der Waals surface area contributed by atoms with E-state index >= 15 is 0 Å². The van der Waals surface area contributed by atoms with E-state index in [0.717, 1.165) is 28.4 Å². The summed E-state index contributed by atoms with van der Waals surface area (Å²) in [6.07, 6.45) is -7.31. The van der Waals surface area contributed by atoms with Gasteiger partial charge in [-0.2, -0.15) is 26.3 Å². The lowest BCUT2D eigenvalue weighted by Gasteiger charge is -2.23. The first-order valence-electron chi connectivity index (χ1n) is 11.3. The maximum atomic E-state index is 10.6. The Hall–Kier alpha value is -4.20. The molecule has 14 heteroatoms. The van der Waals surface area contributed by atoms with Crippen molar-refractivity contribution in [1.29, 1.82) is 0 Å². The number of pyridine rings is 1. The number of halogens is 6. The van der Waals surface area contributed by atoms with Gasteiger partial charge in [-0.15, -0.1) is 11.3 Å². The van der Waals surface area contributed by atoms with Gasteiger partial charge in [-0.1, -0.05) is 24.3 Å². The zero-order valence-electron chi connectivity index (χ0n) is 20.5. The van der Waals surface area contributed by atoms with Gasteiger partial charge in [0.2, 0.25) is 0 Å². The number of thiazole rings is 1. The van der Waals surface area contributed by atoms with Crippen molar-refractivity contribution in [2.24, 2.45) is 0 Å². The minimum atomic E-state index is -5.08. The van der Waals surface area contributed by atoms with E-state index in [4.69, 9.17) is 29.5 Å². The molecular formula is C26H20F6N2O5S. The maximum absolute atomic E-state index is 10.6. The molecule has 0 spiro atoms. The van der Waals surface area contributed by atoms with Crippen molar-refractivity contribution in [3.63, 3.8) is 0 Å². The SMILES string of the molecule is Cc1cc(-c2ccc3nc(C4COc5ccccc5C4)sc3c2)ccn1.O=C(O)C(F)(F)F.O=C(O)C(F)(F)F. The van der Waals surface area contributed by atoms with Crippen LogP contribution >= 0.6 is 11.3 Å². The number of benzene rings is 2. The van der Waals surface area contributed by atoms with Crippen LogP contribution in [0.3, 0.4) is 0 Å². The van der Waals surface area contributed by atoms with Crippen LogP contribution in [0, 0.1) is 6.92 Å². The number of hydrogen-bond donors (Lipinski definition) is 2. The van der Waals surface area contributed by atoms with Crippen LogP contribution in [0.15, 0.2) is 60.8 Å². The summed E-state index contributed by atoms with van der Waals surface area (Å²) < 4.78 is 70.7. The predicted molar refractivity (Wildman–Crippen MR) is 133 cm³/mol. The molecule has 7 nitrogen and oxygen atoms in total. The molecule has 0 saturated carbocycles. The summed E-state index contributed by atoms with van der Waals surface area (Å²) in [4.78, 5) is 27.0. The molecule has 2 aromatic carbocycles. The molecule has 0 fully saturated rings. The summed E-state index contributed by atoms with van der Waals surface area (Å²) in [5.74, 6) is -4.17. The molecule has 2 N–H and O–H groups in total. The molecule has 1 atom stereocenters. The number of aryl methyl sites for hydroxylation is 1. The fraction of sp³-hybridized carbons (Fsp3) is 0.231. The minimum absolute atomic E-state index is 0.328. The van der Waals surface area contributed by atoms with Gasteiger partial charge in [-0.3, -0.25) is 4.98 Å². The number of carbonyl (C=O) groups is 2. The summed E-state index contributed by atoms with van der Waals surface area (Å²) >= 11 is 1.78. The number of carboxylic acid groups (broad SMARTS) is 2. The second-order valence-corrected chi connectivity index (χ2v) is 9.41. The van der Waals surface area contributed by atoms with Gasteiger partial charge >= 0.3 is 24.3 Å². The summed E-state index contributed by atoms with van der Waals surface area (Å²) in [5.41, 5.74) is 5.78. The molecule has 4 aromatic rings. The van der Waals surface area contributed by atoms with Crippen molar-refractivity contribution < 1.29 is 50.9 Å². The lowest BCUT2D eigenvalue weighted by Crippen LogP contribution is -2.21. The molecule has 0 amide bonds. The second kappa shape index (κ2) is 12.3. The third-order valence-corrected chi connectivity index (χ3v) is 6.53. The van der Waals surface area contributed by atoms with Crippen LogP contribution in [0.5, 0.6) is 5.75 Å². The first-order valence-corrected chi connectivity index (χ1v) is 12.1. The molecular weight excluding hydrogens is 566 g/mol. The van der Waals surface area contributed by atoms with Crippen molar-refractivity contribution in [3.05, 3.63) is 77.1 Å². The smallest absolute Gasteiger partial charge is 0.490 e. The molecule has 1 aliphatic heterocycles. The Bertz CT molecular complexity index is 1480. The van der Waals surface area contributed by atoms with Gasteiger partial charge in [0.05, 0.1) is 16.8 Å². The highest BCUT2D eigenvalue weighted by Gasteiger charge is 2.38. The van der Waals surface area contributed by atoms with Crippen molar-refractivity contribution in [2.75, 3.05) is 6.61 Å². The number of nitrogens with zero attached hydrogens (tertiary/aromatic N) is 2. The molecule has 0 bridgehead atoms. The van der Waals surface area contributed by atoms with Crippen molar-refractivity contribution in [1.82, 2.24) is 9.97 Å². The van der Waals surface area contributed by atoms with Gasteiger partial charge in [0.1, 0.15) is 10.8 Å². The fourth-order valence-electron chi connectivity index (χ4n) is 3.51. The topological polar surface area (TPSA) is 110 Å². The summed E-state index contributed by atoms with van der Waals surface area (Å²) in [7, 11) is 0. The predicted octanol–water partition coefficient (Wildman–Crippen LogP) is 6.65. The number of rotatable bonds is 2. The Morgan fingerprint density at radius 1 is 0.925 bits per heavy atom. The van der Waals surface area contributed by atoms with Crippen LogP contribution in [-0.4, -0.2) is 51.1 Å². The number of fused-ring (bicyclic) bond motifs is 2. The lowest BCUT2D eigenvalue weighted by atomic mass is 9.97. The Labute approximate surface area is 226 Å². The Kier molecular flexibility index (Phi) is 9.35. The molecule has 5 rings (SSSR count). The molecule has 40 heavy (non-hydrogen) atoms. The van der Waals surface area contributed by atoms with E-state index in [9.17, 15) is 26.3 Å². The van der Waals surface area contributed by atoms with Gasteiger partial charge < -0.3 is 14.9 Å². The maximum Gasteiger partial charge on any atom is 0.490 e. The van der Waals surface area contributed by atoms with Crippen molar-refractivity contribution in [3.8, 4) is 16.9 Å². The molecule has 0 saturated heterocycles. The molecule has 1 unspecified atom stereocenters. The number of ether oxygens (including phenoxy) is 1. The van der Waals surface area contributed by atoms with E-state index in [1.54, 1.807) is 11.3 Å². The Balaban J connectivity index is 0.000000263. The van der Waals surface area contributed by atoms with E-state index in [-0.39, 0.29) is 0 Å². The van der Waals surface area contributed by atoms with Crippen molar-refractivity contribution in [2.45, 2.75) is 31.6 Å². The molecule has 212 valence electrons. The Morgan fingerprint density at radius 2 is 1.52 bits per heavy atom. The summed E-state index contributed by atoms with van der Waals surface area (Å²) in [5, 5.41) is 15.4. The number of aliphatic carboxylic acids is 2. The van der Waals surface area contributed by atoms with Crippen LogP contribution in [0.4, 0.5) is 26.3 Å². The zero-order chi connectivity index (χ0) is 29.7. The van der Waals surface area contributed by atoms with Crippen LogP contribution < -0.4 is 4.74 Å². The largest absolute Gasteiger partial charge is 0.493 e. The van der Waals surface area contributed by atoms with E-state index in [1.807, 2.05) is 25.3 Å². The number of para-hydroxylation sites is 1. The first-order chi connectivity index (χ1) is 18.6. The average molecular weight is 587 g/mol. The van der Waals surface area contributed by atoms with Crippen LogP contribution in [0.1, 0.15) is 22.2 Å². The van der Waals surface area contributed by atoms with Crippen LogP contribution in [0.2, 0.25) is 0 Å². The first kappa shape index (κ1) is 30.3. The fourth-order valence-corrected chi connectivity index (χ4v) is 4.60. The molecule has 3 heterocycles. The van der Waals surface area contributed by atoms with Crippen LogP contribution in [-0.2, 0) is 16.0 Å². The monoisotopic (exact) mass is 586 g/mol. The summed E-state index contributed by atoms with van der Waals surface area (Å²) in [6.45, 7) is 2.72. The van der Waals surface area contributed by atoms with Gasteiger partial charge in [0.15, 0.2) is 0 Å². The van der Waals surface area contributed by atoms with E-state index in [2.05, 4.69) is 47.4 Å². The highest BCUT2D eigenvalue weighted by Crippen LogP contribution is 2.36. The number of aromatic nitrogens is 2. The van der Waals surface area contributed by atoms with Crippen LogP contribution in [0.25, 0.3) is 21.3 Å².